The lowest BCUT2D eigenvalue weighted by Gasteiger charge is -2.36. The second kappa shape index (κ2) is 10.5. The molecule has 1 unspecified atom stereocenters. The van der Waals surface area contributed by atoms with Crippen molar-refractivity contribution < 1.29 is 23.1 Å². The molecule has 0 heterocycles. The number of rotatable bonds is 9. The number of hydrogen-bond acceptors (Lipinski definition) is 4. The third-order valence-corrected chi connectivity index (χ3v) is 6.23. The van der Waals surface area contributed by atoms with Crippen molar-refractivity contribution in [2.45, 2.75) is 95.7 Å². The van der Waals surface area contributed by atoms with Gasteiger partial charge in [0.2, 0.25) is 23.0 Å². The van der Waals surface area contributed by atoms with E-state index in [1.54, 1.807) is 0 Å². The third-order valence-electron chi connectivity index (χ3n) is 5.67. The van der Waals surface area contributed by atoms with Gasteiger partial charge in [-0.2, -0.15) is 4.72 Å². The zero-order valence-corrected chi connectivity index (χ0v) is 17.6. The average molecular weight is 416 g/mol. The van der Waals surface area contributed by atoms with Gasteiger partial charge in [-0.1, -0.05) is 46.0 Å². The zero-order chi connectivity index (χ0) is 20.7. The predicted octanol–water partition coefficient (Wildman–Crippen LogP) is 1.57. The van der Waals surface area contributed by atoms with Crippen molar-refractivity contribution in [2.24, 2.45) is 5.92 Å². The minimum atomic E-state index is -2.35. The Bertz CT molecular complexity index is 598. The molecule has 0 aliphatic heterocycles. The molecule has 0 aromatic carbocycles. The fraction of sp³-hybridized carbons (Fsp3) is 0.842. The first kappa shape index (κ1) is 23.0. The van der Waals surface area contributed by atoms with Gasteiger partial charge < -0.3 is 10.6 Å². The summed E-state index contributed by atoms with van der Waals surface area (Å²) in [6.45, 7) is 3.83. The van der Waals surface area contributed by atoms with Crippen LogP contribution in [0.2, 0.25) is 0 Å². The summed E-state index contributed by atoms with van der Waals surface area (Å²) in [6.07, 6.45) is 7.45. The van der Waals surface area contributed by atoms with E-state index >= 15 is 0 Å². The van der Waals surface area contributed by atoms with Crippen LogP contribution in [0.25, 0.3) is 0 Å². The molecule has 0 spiro atoms. The summed E-state index contributed by atoms with van der Waals surface area (Å²) < 4.78 is 23.2. The van der Waals surface area contributed by atoms with E-state index in [0.29, 0.717) is 19.3 Å². The largest absolute Gasteiger partial charge is 0.347 e. The molecule has 0 bridgehead atoms. The van der Waals surface area contributed by atoms with Crippen LogP contribution in [0.1, 0.15) is 78.1 Å². The van der Waals surface area contributed by atoms with Crippen LogP contribution in [0.15, 0.2) is 0 Å². The second-order valence-corrected chi connectivity index (χ2v) is 9.17. The molecule has 28 heavy (non-hydrogen) atoms. The molecular formula is C19H33N3O5S. The molecule has 0 saturated heterocycles. The van der Waals surface area contributed by atoms with Crippen molar-refractivity contribution in [1.82, 2.24) is 15.4 Å². The molecule has 0 aromatic rings. The van der Waals surface area contributed by atoms with Crippen LogP contribution in [0.4, 0.5) is 0 Å². The second-order valence-electron chi connectivity index (χ2n) is 8.47. The predicted molar refractivity (Wildman–Crippen MR) is 107 cm³/mol. The highest BCUT2D eigenvalue weighted by Crippen LogP contribution is 2.29. The maximum Gasteiger partial charge on any atom is 0.289 e. The maximum atomic E-state index is 13.0. The molecule has 2 atom stereocenters. The Morgan fingerprint density at radius 2 is 1.68 bits per heavy atom. The molecule has 2 amide bonds. The van der Waals surface area contributed by atoms with Crippen LogP contribution < -0.4 is 15.4 Å². The van der Waals surface area contributed by atoms with E-state index in [2.05, 4.69) is 15.4 Å². The molecule has 4 N–H and O–H groups in total. The minimum absolute atomic E-state index is 0.0232. The Morgan fingerprint density at radius 3 is 2.21 bits per heavy atom. The smallest absolute Gasteiger partial charge is 0.289 e. The van der Waals surface area contributed by atoms with Gasteiger partial charge in [0.1, 0.15) is 5.54 Å². The zero-order valence-electron chi connectivity index (χ0n) is 16.8. The number of hydrogen-bond donors (Lipinski definition) is 4. The van der Waals surface area contributed by atoms with E-state index in [-0.39, 0.29) is 12.0 Å². The first-order valence-corrected chi connectivity index (χ1v) is 11.4. The van der Waals surface area contributed by atoms with Gasteiger partial charge in [-0.25, -0.2) is 4.21 Å². The van der Waals surface area contributed by atoms with Gasteiger partial charge in [0.15, 0.2) is 0 Å². The van der Waals surface area contributed by atoms with Gasteiger partial charge in [-0.05, 0) is 38.0 Å². The fourth-order valence-electron chi connectivity index (χ4n) is 4.18. The summed E-state index contributed by atoms with van der Waals surface area (Å²) in [5, 5.41) is 5.50. The van der Waals surface area contributed by atoms with Crippen molar-refractivity contribution in [3.05, 3.63) is 0 Å². The lowest BCUT2D eigenvalue weighted by Crippen LogP contribution is -2.61. The average Bonchev–Trinajstić information content (AvgIpc) is 3.13. The molecular weight excluding hydrogens is 382 g/mol. The van der Waals surface area contributed by atoms with Crippen LogP contribution in [-0.4, -0.2) is 44.0 Å². The van der Waals surface area contributed by atoms with E-state index in [1.165, 1.54) is 0 Å². The summed E-state index contributed by atoms with van der Waals surface area (Å²) in [5.41, 5.74) is -1.19. The van der Waals surface area contributed by atoms with Crippen molar-refractivity contribution in [1.29, 1.82) is 0 Å². The van der Waals surface area contributed by atoms with E-state index < -0.39 is 40.4 Å². The number of carbonyl (C=O) groups excluding carboxylic acids is 3. The van der Waals surface area contributed by atoms with Gasteiger partial charge in [0, 0.05) is 6.04 Å². The minimum Gasteiger partial charge on any atom is -0.347 e. The molecule has 2 aliphatic carbocycles. The summed E-state index contributed by atoms with van der Waals surface area (Å²) in [4.78, 5) is 38.2. The Balaban J connectivity index is 2.10. The highest BCUT2D eigenvalue weighted by atomic mass is 32.2. The summed E-state index contributed by atoms with van der Waals surface area (Å²) in [5.74, 6) is -1.70. The molecule has 2 rings (SSSR count). The van der Waals surface area contributed by atoms with Gasteiger partial charge >= 0.3 is 0 Å². The van der Waals surface area contributed by atoms with E-state index in [9.17, 15) is 23.1 Å². The fourth-order valence-corrected chi connectivity index (χ4v) is 4.81. The standard InChI is InChI=1S/C19H33N3O5S/c1-13(2)12-15(16(23)17(24)20-14-8-4-5-9-14)21-18(25)19(22-28(26)27)10-6-3-7-11-19/h13-15,22H,3-12H2,1-2H3,(H,20,24)(H,21,25)(H,26,27)/t15-/m0/s1. The number of amides is 2. The lowest BCUT2D eigenvalue weighted by atomic mass is 9.81. The first-order valence-electron chi connectivity index (χ1n) is 10.3. The quantitative estimate of drug-likeness (QED) is 0.336. The van der Waals surface area contributed by atoms with Gasteiger partial charge in [0.25, 0.3) is 5.91 Å². The monoisotopic (exact) mass is 415 g/mol. The number of carbonyl (C=O) groups is 3. The van der Waals surface area contributed by atoms with E-state index in [0.717, 1.165) is 44.9 Å². The SMILES string of the molecule is CC(C)C[C@H](NC(=O)C1(NS(=O)O)CCCCC1)C(=O)C(=O)NC1CCCC1. The topological polar surface area (TPSA) is 125 Å². The molecule has 9 heteroatoms. The van der Waals surface area contributed by atoms with Gasteiger partial charge in [0.05, 0.1) is 6.04 Å². The van der Waals surface area contributed by atoms with Crippen molar-refractivity contribution in [2.75, 3.05) is 0 Å². The number of Topliss-reactive ketones (excluding diaryl/α,β-unsaturated/α-hetero) is 1. The van der Waals surface area contributed by atoms with Crippen LogP contribution in [0.3, 0.4) is 0 Å². The molecule has 2 fully saturated rings. The molecule has 8 nitrogen and oxygen atoms in total. The molecule has 2 aliphatic rings. The Labute approximate surface area is 169 Å². The van der Waals surface area contributed by atoms with Crippen LogP contribution >= 0.6 is 0 Å². The van der Waals surface area contributed by atoms with Gasteiger partial charge in [-0.3, -0.25) is 18.9 Å². The number of ketones is 1. The highest BCUT2D eigenvalue weighted by molar-refractivity contribution is 7.77. The molecule has 160 valence electrons. The summed E-state index contributed by atoms with van der Waals surface area (Å²) in [6, 6.07) is -0.920. The number of nitrogens with one attached hydrogen (secondary N) is 3. The maximum absolute atomic E-state index is 13.0. The van der Waals surface area contributed by atoms with Crippen molar-refractivity contribution in [3.63, 3.8) is 0 Å². The van der Waals surface area contributed by atoms with Crippen molar-refractivity contribution >= 4 is 28.9 Å². The highest BCUT2D eigenvalue weighted by Gasteiger charge is 2.43. The summed E-state index contributed by atoms with van der Waals surface area (Å²) in [7, 11) is 0. The Kier molecular flexibility index (Phi) is 8.57. The van der Waals surface area contributed by atoms with Crippen LogP contribution in [0.5, 0.6) is 0 Å². The Morgan fingerprint density at radius 1 is 1.07 bits per heavy atom. The lowest BCUT2D eigenvalue weighted by molar-refractivity contribution is -0.141. The molecule has 2 saturated carbocycles. The van der Waals surface area contributed by atoms with E-state index in [4.69, 9.17) is 0 Å². The normalized spacial score (nSPS) is 21.9. The van der Waals surface area contributed by atoms with Crippen LogP contribution in [-0.2, 0) is 25.7 Å². The Hall–Kier alpha value is -1.32. The van der Waals surface area contributed by atoms with E-state index in [1.807, 2.05) is 13.8 Å². The summed E-state index contributed by atoms with van der Waals surface area (Å²) >= 11 is -2.35. The molecule has 0 radical (unpaired) electrons. The van der Waals surface area contributed by atoms with Crippen molar-refractivity contribution in [3.8, 4) is 0 Å². The molecule has 0 aromatic heterocycles. The van der Waals surface area contributed by atoms with Crippen LogP contribution in [0, 0.1) is 5.92 Å². The third kappa shape index (κ3) is 6.35. The van der Waals surface area contributed by atoms with Gasteiger partial charge in [-0.15, -0.1) is 0 Å². The first-order chi connectivity index (χ1) is 13.2.